The average molecular weight is 386 g/mol. The minimum absolute atomic E-state index is 0.0874. The van der Waals surface area contributed by atoms with Crippen LogP contribution in [-0.4, -0.2) is 13.6 Å². The number of hydrogen-bond donors (Lipinski definition) is 1. The lowest BCUT2D eigenvalue weighted by molar-refractivity contribution is 0.423. The SMILES string of the molecule is CC(C)c1cc(NS(=O)(=O)c2cc(Cl)c(Br)s2)on1. The molecule has 0 unspecified atom stereocenters. The Morgan fingerprint density at radius 1 is 1.47 bits per heavy atom. The van der Waals surface area contributed by atoms with Crippen molar-refractivity contribution in [2.45, 2.75) is 24.0 Å². The quantitative estimate of drug-likeness (QED) is 0.861. The van der Waals surface area contributed by atoms with Gasteiger partial charge in [0, 0.05) is 6.07 Å². The van der Waals surface area contributed by atoms with Crippen LogP contribution in [0.15, 0.2) is 24.7 Å². The molecule has 0 aliphatic carbocycles. The first-order chi connectivity index (χ1) is 8.79. The number of nitrogens with one attached hydrogen (secondary N) is 1. The van der Waals surface area contributed by atoms with Crippen molar-refractivity contribution in [1.82, 2.24) is 5.16 Å². The van der Waals surface area contributed by atoms with Crippen LogP contribution in [0.4, 0.5) is 5.88 Å². The molecular weight excluding hydrogens is 376 g/mol. The smallest absolute Gasteiger partial charge is 0.273 e. The molecule has 0 aliphatic heterocycles. The summed E-state index contributed by atoms with van der Waals surface area (Å²) in [4.78, 5) is 0. The molecule has 5 nitrogen and oxygen atoms in total. The van der Waals surface area contributed by atoms with E-state index in [0.29, 0.717) is 14.5 Å². The molecule has 19 heavy (non-hydrogen) atoms. The predicted molar refractivity (Wildman–Crippen MR) is 78.4 cm³/mol. The Hall–Kier alpha value is -0.570. The summed E-state index contributed by atoms with van der Waals surface area (Å²) in [5.74, 6) is 0.247. The fraction of sp³-hybridized carbons (Fsp3) is 0.300. The third-order valence-electron chi connectivity index (χ3n) is 2.24. The Morgan fingerprint density at radius 3 is 2.63 bits per heavy atom. The van der Waals surface area contributed by atoms with Crippen LogP contribution in [0, 0.1) is 0 Å². The minimum Gasteiger partial charge on any atom is -0.338 e. The van der Waals surface area contributed by atoms with E-state index in [1.165, 1.54) is 6.07 Å². The molecule has 2 aromatic heterocycles. The van der Waals surface area contributed by atoms with Crippen molar-refractivity contribution < 1.29 is 12.9 Å². The maximum Gasteiger partial charge on any atom is 0.273 e. The van der Waals surface area contributed by atoms with Gasteiger partial charge in [-0.15, -0.1) is 11.3 Å². The number of anilines is 1. The molecule has 2 heterocycles. The van der Waals surface area contributed by atoms with E-state index < -0.39 is 10.0 Å². The van der Waals surface area contributed by atoms with E-state index in [9.17, 15) is 8.42 Å². The van der Waals surface area contributed by atoms with Crippen LogP contribution in [0.2, 0.25) is 5.02 Å². The van der Waals surface area contributed by atoms with Gasteiger partial charge in [0.1, 0.15) is 4.21 Å². The summed E-state index contributed by atoms with van der Waals surface area (Å²) in [6.45, 7) is 3.87. The van der Waals surface area contributed by atoms with Crippen molar-refractivity contribution in [2.24, 2.45) is 0 Å². The highest BCUT2D eigenvalue weighted by Gasteiger charge is 2.21. The molecule has 0 atom stereocenters. The summed E-state index contributed by atoms with van der Waals surface area (Å²) in [5, 5.41) is 4.14. The molecule has 0 amide bonds. The Labute approximate surface area is 128 Å². The van der Waals surface area contributed by atoms with Gasteiger partial charge >= 0.3 is 0 Å². The van der Waals surface area contributed by atoms with Gasteiger partial charge in [0.2, 0.25) is 5.88 Å². The highest BCUT2D eigenvalue weighted by Crippen LogP contribution is 2.35. The second-order valence-corrected chi connectivity index (χ2v) is 8.75. The lowest BCUT2D eigenvalue weighted by Gasteiger charge is -2.00. The number of halogens is 2. The van der Waals surface area contributed by atoms with E-state index in [2.05, 4.69) is 25.8 Å². The van der Waals surface area contributed by atoms with E-state index in [-0.39, 0.29) is 16.0 Å². The van der Waals surface area contributed by atoms with E-state index in [1.807, 2.05) is 13.8 Å². The fourth-order valence-corrected chi connectivity index (χ4v) is 4.62. The summed E-state index contributed by atoms with van der Waals surface area (Å²) < 4.78 is 32.1. The number of thiophene rings is 1. The van der Waals surface area contributed by atoms with Crippen molar-refractivity contribution >= 4 is 54.8 Å². The molecule has 2 rings (SSSR count). The standard InChI is InChI=1S/C10H10BrClN2O3S2/c1-5(2)7-4-8(17-13-7)14-19(15,16)9-3-6(12)10(11)18-9/h3-5,14H,1-2H3. The van der Waals surface area contributed by atoms with Crippen molar-refractivity contribution in [3.8, 4) is 0 Å². The van der Waals surface area contributed by atoms with Gasteiger partial charge in [-0.05, 0) is 27.9 Å². The van der Waals surface area contributed by atoms with Crippen LogP contribution >= 0.6 is 38.9 Å². The molecule has 1 N–H and O–H groups in total. The summed E-state index contributed by atoms with van der Waals surface area (Å²) in [6, 6.07) is 2.94. The topological polar surface area (TPSA) is 72.2 Å². The number of rotatable bonds is 4. The second-order valence-electron chi connectivity index (χ2n) is 4.06. The number of aromatic nitrogens is 1. The largest absolute Gasteiger partial charge is 0.338 e. The fourth-order valence-electron chi connectivity index (χ4n) is 1.25. The molecule has 0 spiro atoms. The molecule has 0 aliphatic rings. The van der Waals surface area contributed by atoms with Crippen LogP contribution in [0.3, 0.4) is 0 Å². The molecule has 0 aromatic carbocycles. The van der Waals surface area contributed by atoms with E-state index in [4.69, 9.17) is 16.1 Å². The lowest BCUT2D eigenvalue weighted by atomic mass is 10.1. The zero-order chi connectivity index (χ0) is 14.2. The summed E-state index contributed by atoms with van der Waals surface area (Å²) in [7, 11) is -3.71. The van der Waals surface area contributed by atoms with Crippen LogP contribution in [0.1, 0.15) is 25.5 Å². The number of hydrogen-bond acceptors (Lipinski definition) is 5. The summed E-state index contributed by atoms with van der Waals surface area (Å²) >= 11 is 10.0. The molecule has 9 heteroatoms. The Bertz CT molecular complexity index is 674. The molecule has 104 valence electrons. The van der Waals surface area contributed by atoms with Gasteiger partial charge in [-0.2, -0.15) is 0 Å². The maximum atomic E-state index is 12.1. The molecular formula is C10H10BrClN2O3S2. The zero-order valence-electron chi connectivity index (χ0n) is 9.98. The number of nitrogens with zero attached hydrogens (tertiary/aromatic N) is 1. The normalized spacial score (nSPS) is 12.1. The molecule has 2 aromatic rings. The maximum absolute atomic E-state index is 12.1. The van der Waals surface area contributed by atoms with Crippen molar-refractivity contribution in [3.63, 3.8) is 0 Å². The summed E-state index contributed by atoms with van der Waals surface area (Å²) in [6.07, 6.45) is 0. The van der Waals surface area contributed by atoms with Gasteiger partial charge in [-0.3, -0.25) is 0 Å². The van der Waals surface area contributed by atoms with Crippen LogP contribution in [0.5, 0.6) is 0 Å². The van der Waals surface area contributed by atoms with Gasteiger partial charge in [0.25, 0.3) is 10.0 Å². The predicted octanol–water partition coefficient (Wildman–Crippen LogP) is 4.08. The van der Waals surface area contributed by atoms with Gasteiger partial charge in [-0.1, -0.05) is 30.6 Å². The Kier molecular flexibility index (Phi) is 4.24. The third-order valence-corrected chi connectivity index (χ3v) is 6.54. The molecule has 0 radical (unpaired) electrons. The van der Waals surface area contributed by atoms with Crippen molar-refractivity contribution in [3.05, 3.63) is 26.6 Å². The molecule has 0 saturated heterocycles. The first-order valence-electron chi connectivity index (χ1n) is 5.24. The van der Waals surface area contributed by atoms with Crippen molar-refractivity contribution in [2.75, 3.05) is 4.72 Å². The lowest BCUT2D eigenvalue weighted by Crippen LogP contribution is -2.10. The highest BCUT2D eigenvalue weighted by atomic mass is 79.9. The Balaban J connectivity index is 2.25. The highest BCUT2D eigenvalue weighted by molar-refractivity contribution is 9.11. The average Bonchev–Trinajstić information content (AvgIpc) is 2.87. The van der Waals surface area contributed by atoms with Gasteiger partial charge < -0.3 is 4.52 Å². The van der Waals surface area contributed by atoms with Gasteiger partial charge in [-0.25, -0.2) is 13.1 Å². The second kappa shape index (κ2) is 5.43. The Morgan fingerprint density at radius 2 is 2.16 bits per heavy atom. The third kappa shape index (κ3) is 3.31. The monoisotopic (exact) mass is 384 g/mol. The summed E-state index contributed by atoms with van der Waals surface area (Å²) in [5.41, 5.74) is 0.683. The molecule has 0 saturated carbocycles. The van der Waals surface area contributed by atoms with Crippen molar-refractivity contribution in [1.29, 1.82) is 0 Å². The van der Waals surface area contributed by atoms with Gasteiger partial charge in [0.05, 0.1) is 14.5 Å². The number of sulfonamides is 1. The minimum atomic E-state index is -3.71. The first kappa shape index (κ1) is 14.8. The van der Waals surface area contributed by atoms with E-state index in [0.717, 1.165) is 11.3 Å². The molecule has 0 fully saturated rings. The van der Waals surface area contributed by atoms with Crippen LogP contribution in [-0.2, 0) is 10.0 Å². The molecule has 0 bridgehead atoms. The van der Waals surface area contributed by atoms with Crippen LogP contribution in [0.25, 0.3) is 0 Å². The van der Waals surface area contributed by atoms with Gasteiger partial charge in [0.15, 0.2) is 0 Å². The van der Waals surface area contributed by atoms with E-state index in [1.54, 1.807) is 6.07 Å². The first-order valence-corrected chi connectivity index (χ1v) is 8.71. The zero-order valence-corrected chi connectivity index (χ0v) is 14.0. The van der Waals surface area contributed by atoms with E-state index >= 15 is 0 Å². The van der Waals surface area contributed by atoms with Crippen LogP contribution < -0.4 is 4.72 Å².